The molecule has 0 fully saturated rings. The van der Waals surface area contributed by atoms with Crippen LogP contribution < -0.4 is 10.1 Å². The zero-order valence-corrected chi connectivity index (χ0v) is 11.2. The van der Waals surface area contributed by atoms with E-state index in [1.165, 1.54) is 5.56 Å². The maximum Gasteiger partial charge on any atom is 0.326 e. The summed E-state index contributed by atoms with van der Waals surface area (Å²) in [5, 5.41) is 11.2. The molecule has 1 atom stereocenters. The number of ether oxygens (including phenoxy) is 1. The van der Waals surface area contributed by atoms with Crippen LogP contribution in [-0.2, 0) is 16.0 Å². The lowest BCUT2D eigenvalue weighted by Gasteiger charge is -2.12. The SMILES string of the molecule is CCc1ccc(OCC(=O)NC(CC)C(=O)O)cc1. The summed E-state index contributed by atoms with van der Waals surface area (Å²) in [4.78, 5) is 22.3. The molecule has 1 amide bonds. The third-order valence-electron chi connectivity index (χ3n) is 2.74. The second-order valence-corrected chi connectivity index (χ2v) is 4.15. The van der Waals surface area contributed by atoms with E-state index in [2.05, 4.69) is 12.2 Å². The van der Waals surface area contributed by atoms with Crippen molar-refractivity contribution in [2.75, 3.05) is 6.61 Å². The van der Waals surface area contributed by atoms with Crippen LogP contribution in [0.5, 0.6) is 5.75 Å². The number of hydrogen-bond acceptors (Lipinski definition) is 3. The Morgan fingerprint density at radius 2 is 1.89 bits per heavy atom. The Balaban J connectivity index is 2.42. The number of aryl methyl sites for hydroxylation is 1. The molecule has 0 aliphatic rings. The summed E-state index contributed by atoms with van der Waals surface area (Å²) >= 11 is 0. The van der Waals surface area contributed by atoms with Crippen LogP contribution in [0.1, 0.15) is 25.8 Å². The predicted octanol–water partition coefficient (Wildman–Crippen LogP) is 1.61. The highest BCUT2D eigenvalue weighted by Crippen LogP contribution is 2.12. The lowest BCUT2D eigenvalue weighted by Crippen LogP contribution is -2.42. The first-order chi connectivity index (χ1) is 9.06. The van der Waals surface area contributed by atoms with Gasteiger partial charge in [-0.3, -0.25) is 4.79 Å². The number of carbonyl (C=O) groups excluding carboxylic acids is 1. The standard InChI is InChI=1S/C14H19NO4/c1-3-10-5-7-11(8-6-10)19-9-13(16)15-12(4-2)14(17)18/h5-8,12H,3-4,9H2,1-2H3,(H,15,16)(H,17,18). The number of hydrogen-bond donors (Lipinski definition) is 2. The van der Waals surface area contributed by atoms with E-state index >= 15 is 0 Å². The van der Waals surface area contributed by atoms with E-state index in [1.54, 1.807) is 19.1 Å². The van der Waals surface area contributed by atoms with Gasteiger partial charge in [-0.15, -0.1) is 0 Å². The largest absolute Gasteiger partial charge is 0.484 e. The van der Waals surface area contributed by atoms with Crippen LogP contribution in [0.15, 0.2) is 24.3 Å². The van der Waals surface area contributed by atoms with Crippen molar-refractivity contribution in [1.82, 2.24) is 5.32 Å². The minimum atomic E-state index is -1.04. The fourth-order valence-electron chi connectivity index (χ4n) is 1.54. The molecule has 1 aromatic rings. The van der Waals surface area contributed by atoms with E-state index in [0.717, 1.165) is 6.42 Å². The molecule has 0 aliphatic carbocycles. The molecular weight excluding hydrogens is 246 g/mol. The summed E-state index contributed by atoms with van der Waals surface area (Å²) in [7, 11) is 0. The highest BCUT2D eigenvalue weighted by Gasteiger charge is 2.17. The zero-order valence-electron chi connectivity index (χ0n) is 11.2. The minimum absolute atomic E-state index is 0.185. The van der Waals surface area contributed by atoms with Gasteiger partial charge in [-0.05, 0) is 30.5 Å². The lowest BCUT2D eigenvalue weighted by molar-refractivity contribution is -0.142. The summed E-state index contributed by atoms with van der Waals surface area (Å²) in [6.07, 6.45) is 1.28. The van der Waals surface area contributed by atoms with E-state index in [9.17, 15) is 9.59 Å². The number of benzene rings is 1. The maximum atomic E-state index is 11.5. The summed E-state index contributed by atoms with van der Waals surface area (Å²) < 4.78 is 5.29. The first kappa shape index (κ1) is 15.0. The Morgan fingerprint density at radius 3 is 2.37 bits per heavy atom. The smallest absolute Gasteiger partial charge is 0.326 e. The summed E-state index contributed by atoms with van der Waals surface area (Å²) in [5.41, 5.74) is 1.19. The van der Waals surface area contributed by atoms with E-state index < -0.39 is 17.9 Å². The molecule has 0 saturated carbocycles. The van der Waals surface area contributed by atoms with Crippen molar-refractivity contribution in [1.29, 1.82) is 0 Å². The lowest BCUT2D eigenvalue weighted by atomic mass is 10.2. The number of carboxylic acids is 1. The molecule has 1 aromatic carbocycles. The van der Waals surface area contributed by atoms with Gasteiger partial charge in [0.05, 0.1) is 0 Å². The van der Waals surface area contributed by atoms with Crippen molar-refractivity contribution < 1.29 is 19.4 Å². The van der Waals surface area contributed by atoms with E-state index in [-0.39, 0.29) is 6.61 Å². The van der Waals surface area contributed by atoms with Gasteiger partial charge in [0.2, 0.25) is 0 Å². The Bertz CT molecular complexity index is 428. The van der Waals surface area contributed by atoms with Crippen LogP contribution in [0, 0.1) is 0 Å². The average molecular weight is 265 g/mol. The van der Waals surface area contributed by atoms with Crippen LogP contribution in [0.25, 0.3) is 0 Å². The average Bonchev–Trinajstić information content (AvgIpc) is 2.42. The molecule has 0 aliphatic heterocycles. The monoisotopic (exact) mass is 265 g/mol. The maximum absolute atomic E-state index is 11.5. The zero-order chi connectivity index (χ0) is 14.3. The molecule has 0 saturated heterocycles. The van der Waals surface area contributed by atoms with Crippen molar-refractivity contribution in [3.63, 3.8) is 0 Å². The molecule has 19 heavy (non-hydrogen) atoms. The van der Waals surface area contributed by atoms with Crippen LogP contribution in [-0.4, -0.2) is 29.6 Å². The number of amides is 1. The molecule has 0 bridgehead atoms. The third kappa shape index (κ3) is 4.99. The van der Waals surface area contributed by atoms with Gasteiger partial charge in [0.15, 0.2) is 6.61 Å². The fraction of sp³-hybridized carbons (Fsp3) is 0.429. The summed E-state index contributed by atoms with van der Waals surface area (Å²) in [6, 6.07) is 6.58. The van der Waals surface area contributed by atoms with Gasteiger partial charge in [-0.1, -0.05) is 26.0 Å². The molecule has 5 nitrogen and oxygen atoms in total. The molecule has 1 rings (SSSR count). The van der Waals surface area contributed by atoms with Gasteiger partial charge < -0.3 is 15.2 Å². The Hall–Kier alpha value is -2.04. The molecule has 2 N–H and O–H groups in total. The van der Waals surface area contributed by atoms with Crippen LogP contribution >= 0.6 is 0 Å². The van der Waals surface area contributed by atoms with Gasteiger partial charge in [-0.2, -0.15) is 0 Å². The highest BCUT2D eigenvalue weighted by molar-refractivity contribution is 5.84. The molecular formula is C14H19NO4. The number of rotatable bonds is 7. The van der Waals surface area contributed by atoms with Crippen LogP contribution in [0.2, 0.25) is 0 Å². The Kier molecular flexibility index (Phi) is 5.85. The molecule has 1 unspecified atom stereocenters. The summed E-state index contributed by atoms with van der Waals surface area (Å²) in [6.45, 7) is 3.57. The Morgan fingerprint density at radius 1 is 1.26 bits per heavy atom. The first-order valence-corrected chi connectivity index (χ1v) is 6.30. The first-order valence-electron chi connectivity index (χ1n) is 6.30. The number of aliphatic carboxylic acids is 1. The molecule has 0 radical (unpaired) electrons. The van der Waals surface area contributed by atoms with E-state index in [4.69, 9.17) is 9.84 Å². The highest BCUT2D eigenvalue weighted by atomic mass is 16.5. The minimum Gasteiger partial charge on any atom is -0.484 e. The van der Waals surface area contributed by atoms with Gasteiger partial charge in [-0.25, -0.2) is 4.79 Å². The number of nitrogens with one attached hydrogen (secondary N) is 1. The quantitative estimate of drug-likeness (QED) is 0.785. The van der Waals surface area contributed by atoms with Crippen molar-refractivity contribution in [2.24, 2.45) is 0 Å². The topological polar surface area (TPSA) is 75.6 Å². The third-order valence-corrected chi connectivity index (χ3v) is 2.74. The molecule has 0 spiro atoms. The predicted molar refractivity (Wildman–Crippen MR) is 71.2 cm³/mol. The van der Waals surface area contributed by atoms with Crippen LogP contribution in [0.3, 0.4) is 0 Å². The van der Waals surface area contributed by atoms with E-state index in [0.29, 0.717) is 12.2 Å². The summed E-state index contributed by atoms with van der Waals surface area (Å²) in [5.74, 6) is -0.882. The van der Waals surface area contributed by atoms with E-state index in [1.807, 2.05) is 12.1 Å². The molecule has 5 heteroatoms. The normalized spacial score (nSPS) is 11.7. The van der Waals surface area contributed by atoms with Crippen molar-refractivity contribution in [3.8, 4) is 5.75 Å². The Labute approximate surface area is 112 Å². The van der Waals surface area contributed by atoms with Crippen LogP contribution in [0.4, 0.5) is 0 Å². The second-order valence-electron chi connectivity index (χ2n) is 4.15. The van der Waals surface area contributed by atoms with Crippen molar-refractivity contribution in [2.45, 2.75) is 32.7 Å². The molecule has 104 valence electrons. The van der Waals surface area contributed by atoms with Gasteiger partial charge >= 0.3 is 5.97 Å². The van der Waals surface area contributed by atoms with Gasteiger partial charge in [0, 0.05) is 0 Å². The van der Waals surface area contributed by atoms with Crippen molar-refractivity contribution in [3.05, 3.63) is 29.8 Å². The van der Waals surface area contributed by atoms with Gasteiger partial charge in [0.1, 0.15) is 11.8 Å². The number of carbonyl (C=O) groups is 2. The molecule has 0 aromatic heterocycles. The van der Waals surface area contributed by atoms with Crippen molar-refractivity contribution >= 4 is 11.9 Å². The molecule has 0 heterocycles. The second kappa shape index (κ2) is 7.41. The fourth-order valence-corrected chi connectivity index (χ4v) is 1.54. The van der Waals surface area contributed by atoms with Gasteiger partial charge in [0.25, 0.3) is 5.91 Å². The number of carboxylic acid groups (broad SMARTS) is 1.